The first-order valence-electron chi connectivity index (χ1n) is 4.01. The van der Waals surface area contributed by atoms with Crippen molar-refractivity contribution in [3.63, 3.8) is 0 Å². The van der Waals surface area contributed by atoms with Crippen LogP contribution in [0.1, 0.15) is 13.8 Å². The molecule has 2 atom stereocenters. The number of carbonyl (C=O) groups is 1. The molecule has 0 aromatic carbocycles. The van der Waals surface area contributed by atoms with Crippen molar-refractivity contribution in [2.75, 3.05) is 20.3 Å². The van der Waals surface area contributed by atoms with E-state index in [1.165, 1.54) is 7.11 Å². The highest BCUT2D eigenvalue weighted by molar-refractivity contribution is 5.77. The second-order valence-corrected chi connectivity index (χ2v) is 2.95. The van der Waals surface area contributed by atoms with Crippen LogP contribution >= 0.6 is 0 Å². The number of carbonyl (C=O) groups excluding carboxylic acids is 1. The maximum absolute atomic E-state index is 11.0. The van der Waals surface area contributed by atoms with E-state index in [-0.39, 0.29) is 31.1 Å². The molecule has 1 amide bonds. The van der Waals surface area contributed by atoms with Crippen molar-refractivity contribution in [2.45, 2.75) is 19.9 Å². The summed E-state index contributed by atoms with van der Waals surface area (Å²) >= 11 is 0. The van der Waals surface area contributed by atoms with E-state index in [0.717, 1.165) is 0 Å². The zero-order valence-corrected chi connectivity index (χ0v) is 7.83. The van der Waals surface area contributed by atoms with E-state index in [1.54, 1.807) is 0 Å². The molecule has 72 valence electrons. The van der Waals surface area contributed by atoms with E-state index < -0.39 is 0 Å². The molecule has 12 heavy (non-hydrogen) atoms. The molecule has 4 nitrogen and oxygen atoms in total. The van der Waals surface area contributed by atoms with Gasteiger partial charge >= 0.3 is 0 Å². The van der Waals surface area contributed by atoms with Gasteiger partial charge in [0, 0.05) is 19.8 Å². The Kier molecular flexibility index (Phi) is 5.66. The van der Waals surface area contributed by atoms with Crippen molar-refractivity contribution in [1.82, 2.24) is 5.32 Å². The van der Waals surface area contributed by atoms with Crippen molar-refractivity contribution >= 4 is 5.91 Å². The Morgan fingerprint density at radius 2 is 2.17 bits per heavy atom. The average molecular weight is 175 g/mol. The monoisotopic (exact) mass is 175 g/mol. The first kappa shape index (κ1) is 11.4. The molecule has 0 saturated heterocycles. The molecule has 0 fully saturated rings. The molecule has 0 heterocycles. The van der Waals surface area contributed by atoms with Gasteiger partial charge in [0.05, 0.1) is 0 Å². The van der Waals surface area contributed by atoms with Crippen molar-refractivity contribution in [3.05, 3.63) is 0 Å². The second-order valence-electron chi connectivity index (χ2n) is 2.95. The van der Waals surface area contributed by atoms with Gasteiger partial charge < -0.3 is 15.2 Å². The Labute approximate surface area is 72.9 Å². The lowest BCUT2D eigenvalue weighted by Crippen LogP contribution is -2.40. The van der Waals surface area contributed by atoms with Crippen LogP contribution in [0.3, 0.4) is 0 Å². The Bertz CT molecular complexity index is 138. The normalized spacial score (nSPS) is 15.3. The number of amides is 1. The topological polar surface area (TPSA) is 58.6 Å². The van der Waals surface area contributed by atoms with Crippen LogP contribution in [0.5, 0.6) is 0 Å². The minimum absolute atomic E-state index is 0.0161. The summed E-state index contributed by atoms with van der Waals surface area (Å²) in [6.45, 7) is 3.88. The van der Waals surface area contributed by atoms with Crippen LogP contribution in [0.2, 0.25) is 0 Å². The third-order valence-electron chi connectivity index (χ3n) is 1.81. The van der Waals surface area contributed by atoms with Gasteiger partial charge in [-0.05, 0) is 12.8 Å². The number of hydrogen-bond donors (Lipinski definition) is 2. The standard InChI is InChI=1S/C8H17NO3/c1-6(4-10)7(2)9-8(11)5-12-3/h6-7,10H,4-5H2,1-3H3,(H,9,11). The fraction of sp³-hybridized carbons (Fsp3) is 0.875. The van der Waals surface area contributed by atoms with Crippen LogP contribution in [0.25, 0.3) is 0 Å². The highest BCUT2D eigenvalue weighted by atomic mass is 16.5. The minimum Gasteiger partial charge on any atom is -0.396 e. The van der Waals surface area contributed by atoms with E-state index in [9.17, 15) is 4.79 Å². The van der Waals surface area contributed by atoms with Gasteiger partial charge in [-0.15, -0.1) is 0 Å². The van der Waals surface area contributed by atoms with Crippen LogP contribution < -0.4 is 5.32 Å². The molecule has 0 rings (SSSR count). The summed E-state index contributed by atoms with van der Waals surface area (Å²) < 4.78 is 4.64. The fourth-order valence-electron chi connectivity index (χ4n) is 0.727. The molecule has 0 aromatic rings. The van der Waals surface area contributed by atoms with Crippen LogP contribution in [0, 0.1) is 5.92 Å². The first-order valence-corrected chi connectivity index (χ1v) is 4.01. The second kappa shape index (κ2) is 5.97. The minimum atomic E-state index is -0.148. The molecule has 0 aliphatic rings. The highest BCUT2D eigenvalue weighted by Crippen LogP contribution is 1.99. The van der Waals surface area contributed by atoms with Gasteiger partial charge in [-0.2, -0.15) is 0 Å². The van der Waals surface area contributed by atoms with Gasteiger partial charge in [0.15, 0.2) is 0 Å². The summed E-state index contributed by atoms with van der Waals surface area (Å²) in [7, 11) is 1.47. The molecule has 0 radical (unpaired) electrons. The van der Waals surface area contributed by atoms with Gasteiger partial charge in [-0.25, -0.2) is 0 Å². The maximum atomic E-state index is 11.0. The van der Waals surface area contributed by atoms with Gasteiger partial charge in [0.25, 0.3) is 0 Å². The quantitative estimate of drug-likeness (QED) is 0.606. The number of ether oxygens (including phenoxy) is 1. The lowest BCUT2D eigenvalue weighted by atomic mass is 10.1. The molecule has 0 aliphatic carbocycles. The molecule has 2 N–H and O–H groups in total. The average Bonchev–Trinajstić information content (AvgIpc) is 2.03. The van der Waals surface area contributed by atoms with Crippen molar-refractivity contribution < 1.29 is 14.6 Å². The van der Waals surface area contributed by atoms with Crippen LogP contribution in [-0.4, -0.2) is 37.4 Å². The zero-order valence-electron chi connectivity index (χ0n) is 7.83. The van der Waals surface area contributed by atoms with E-state index in [4.69, 9.17) is 5.11 Å². The predicted octanol–water partition coefficient (Wildman–Crippen LogP) is -0.234. The molecule has 2 unspecified atom stereocenters. The molecule has 0 aromatic heterocycles. The summed E-state index contributed by atoms with van der Waals surface area (Å²) in [5, 5.41) is 11.5. The molecule has 0 bridgehead atoms. The lowest BCUT2D eigenvalue weighted by molar-refractivity contribution is -0.125. The molecular formula is C8H17NO3. The third-order valence-corrected chi connectivity index (χ3v) is 1.81. The van der Waals surface area contributed by atoms with E-state index >= 15 is 0 Å². The van der Waals surface area contributed by atoms with Crippen molar-refractivity contribution in [3.8, 4) is 0 Å². The smallest absolute Gasteiger partial charge is 0.246 e. The Balaban J connectivity index is 3.67. The van der Waals surface area contributed by atoms with E-state index in [0.29, 0.717) is 0 Å². The number of methoxy groups -OCH3 is 1. The SMILES string of the molecule is COCC(=O)NC(C)C(C)CO. The first-order chi connectivity index (χ1) is 5.61. The fourth-order valence-corrected chi connectivity index (χ4v) is 0.727. The highest BCUT2D eigenvalue weighted by Gasteiger charge is 2.12. The summed E-state index contributed by atoms with van der Waals surface area (Å²) in [6.07, 6.45) is 0. The molecule has 0 aliphatic heterocycles. The molecule has 4 heteroatoms. The zero-order chi connectivity index (χ0) is 9.56. The summed E-state index contributed by atoms with van der Waals surface area (Å²) in [6, 6.07) is -0.0161. The van der Waals surface area contributed by atoms with Crippen LogP contribution in [0.15, 0.2) is 0 Å². The summed E-state index contributed by atoms with van der Waals surface area (Å²) in [5.74, 6) is -0.0730. The number of nitrogens with one attached hydrogen (secondary N) is 1. The number of rotatable bonds is 5. The van der Waals surface area contributed by atoms with Crippen molar-refractivity contribution in [2.24, 2.45) is 5.92 Å². The summed E-state index contributed by atoms with van der Waals surface area (Å²) in [4.78, 5) is 11.0. The lowest BCUT2D eigenvalue weighted by Gasteiger charge is -2.18. The molecular weight excluding hydrogens is 158 g/mol. The number of hydrogen-bond acceptors (Lipinski definition) is 3. The third kappa shape index (κ3) is 4.31. The van der Waals surface area contributed by atoms with Crippen molar-refractivity contribution in [1.29, 1.82) is 0 Å². The Morgan fingerprint density at radius 3 is 2.58 bits per heavy atom. The summed E-state index contributed by atoms with van der Waals surface area (Å²) in [5.41, 5.74) is 0. The number of aliphatic hydroxyl groups excluding tert-OH is 1. The predicted molar refractivity (Wildman–Crippen MR) is 45.7 cm³/mol. The van der Waals surface area contributed by atoms with Gasteiger partial charge in [0.1, 0.15) is 6.61 Å². The molecule has 0 spiro atoms. The molecule has 0 saturated carbocycles. The van der Waals surface area contributed by atoms with Gasteiger partial charge in [-0.1, -0.05) is 6.92 Å². The number of aliphatic hydroxyl groups is 1. The van der Waals surface area contributed by atoms with Crippen LogP contribution in [0.4, 0.5) is 0 Å². The van der Waals surface area contributed by atoms with E-state index in [2.05, 4.69) is 10.1 Å². The van der Waals surface area contributed by atoms with E-state index in [1.807, 2.05) is 13.8 Å². The largest absolute Gasteiger partial charge is 0.396 e. The maximum Gasteiger partial charge on any atom is 0.246 e. The Hall–Kier alpha value is -0.610. The van der Waals surface area contributed by atoms with Gasteiger partial charge in [-0.3, -0.25) is 4.79 Å². The Morgan fingerprint density at radius 1 is 1.58 bits per heavy atom. The van der Waals surface area contributed by atoms with Gasteiger partial charge in [0.2, 0.25) is 5.91 Å². The van der Waals surface area contributed by atoms with Crippen LogP contribution in [-0.2, 0) is 9.53 Å².